The lowest BCUT2D eigenvalue weighted by Crippen LogP contribution is -2.49. The number of benzene rings is 2. The minimum atomic E-state index is -0.205. The molecule has 0 aliphatic carbocycles. The Morgan fingerprint density at radius 1 is 0.967 bits per heavy atom. The molecular formula is C22H24N4O2S2. The van der Waals surface area contributed by atoms with Crippen LogP contribution in [-0.4, -0.2) is 59.0 Å². The van der Waals surface area contributed by atoms with Crippen LogP contribution < -0.4 is 9.70 Å². The van der Waals surface area contributed by atoms with Crippen LogP contribution in [-0.2, 0) is 16.6 Å². The monoisotopic (exact) mass is 440 g/mol. The van der Waals surface area contributed by atoms with Crippen LogP contribution in [0.15, 0.2) is 59.6 Å². The van der Waals surface area contributed by atoms with Crippen molar-refractivity contribution >= 4 is 50.8 Å². The van der Waals surface area contributed by atoms with Crippen LogP contribution in [0.4, 0.5) is 5.69 Å². The van der Waals surface area contributed by atoms with E-state index in [1.54, 1.807) is 0 Å². The molecule has 0 radical (unpaired) electrons. The Morgan fingerprint density at radius 3 is 2.40 bits per heavy atom. The van der Waals surface area contributed by atoms with Gasteiger partial charge in [-0.15, -0.1) is 11.8 Å². The van der Waals surface area contributed by atoms with Gasteiger partial charge in [0.05, 0.1) is 21.7 Å². The number of hydrogen-bond acceptors (Lipinski definition) is 5. The molecule has 0 N–H and O–H groups in total. The highest BCUT2D eigenvalue weighted by atomic mass is 32.2. The van der Waals surface area contributed by atoms with Crippen LogP contribution in [0.3, 0.4) is 0 Å². The highest BCUT2D eigenvalue weighted by Crippen LogP contribution is 2.17. The third-order valence-electron chi connectivity index (χ3n) is 5.14. The molecule has 2 aromatic carbocycles. The van der Waals surface area contributed by atoms with Crippen molar-refractivity contribution in [3.05, 3.63) is 59.4 Å². The lowest BCUT2D eigenvalue weighted by molar-refractivity contribution is -0.128. The molecule has 0 bridgehead atoms. The van der Waals surface area contributed by atoms with Crippen molar-refractivity contribution in [3.8, 4) is 0 Å². The first-order valence-electron chi connectivity index (χ1n) is 9.89. The molecule has 1 fully saturated rings. The molecule has 1 aliphatic heterocycles. The first-order chi connectivity index (χ1) is 14.6. The first kappa shape index (κ1) is 20.7. The zero-order valence-corrected chi connectivity index (χ0v) is 18.5. The molecule has 0 saturated carbocycles. The fourth-order valence-electron chi connectivity index (χ4n) is 3.50. The van der Waals surface area contributed by atoms with Gasteiger partial charge in [0.1, 0.15) is 0 Å². The average molecular weight is 441 g/mol. The molecule has 156 valence electrons. The summed E-state index contributed by atoms with van der Waals surface area (Å²) in [6.07, 6.45) is 0. The number of para-hydroxylation sites is 2. The van der Waals surface area contributed by atoms with Gasteiger partial charge in [0, 0.05) is 38.9 Å². The molecule has 1 saturated heterocycles. The molecule has 3 aromatic rings. The summed E-state index contributed by atoms with van der Waals surface area (Å²) >= 11 is 2.84. The van der Waals surface area contributed by atoms with Gasteiger partial charge in [0.2, 0.25) is 5.91 Å². The van der Waals surface area contributed by atoms with Crippen LogP contribution in [0, 0.1) is 0 Å². The quantitative estimate of drug-likeness (QED) is 0.612. The Kier molecular flexibility index (Phi) is 6.54. The Labute approximate surface area is 183 Å². The molecule has 4 rings (SSSR count). The minimum Gasteiger partial charge on any atom is -0.368 e. The second kappa shape index (κ2) is 9.49. The molecule has 2 heterocycles. The second-order valence-corrected chi connectivity index (χ2v) is 9.11. The molecule has 0 spiro atoms. The van der Waals surface area contributed by atoms with Crippen LogP contribution in [0.1, 0.15) is 0 Å². The van der Waals surface area contributed by atoms with Crippen molar-refractivity contribution in [1.29, 1.82) is 0 Å². The van der Waals surface area contributed by atoms with Gasteiger partial charge in [0.25, 0.3) is 5.91 Å². The van der Waals surface area contributed by atoms with Crippen LogP contribution in [0.2, 0.25) is 0 Å². The molecule has 1 aromatic heterocycles. The van der Waals surface area contributed by atoms with E-state index in [0.717, 1.165) is 23.3 Å². The van der Waals surface area contributed by atoms with E-state index in [0.29, 0.717) is 23.6 Å². The van der Waals surface area contributed by atoms with Gasteiger partial charge < -0.3 is 14.4 Å². The molecule has 2 amide bonds. The average Bonchev–Trinajstić information content (AvgIpc) is 3.10. The number of amides is 2. The number of aromatic nitrogens is 1. The maximum Gasteiger partial charge on any atom is 0.258 e. The minimum absolute atomic E-state index is 0.0907. The standard InChI is InChI=1S/C22H24N4O2S2/c1-24-18-9-5-6-10-19(18)30-22(24)23-20(27)15-29-16-21(28)26-13-11-25(12-14-26)17-7-3-2-4-8-17/h2-10H,11-16H2,1H3. The van der Waals surface area contributed by atoms with E-state index < -0.39 is 0 Å². The van der Waals surface area contributed by atoms with Gasteiger partial charge in [-0.05, 0) is 24.3 Å². The number of rotatable bonds is 5. The lowest BCUT2D eigenvalue weighted by Gasteiger charge is -2.36. The summed E-state index contributed by atoms with van der Waals surface area (Å²) < 4.78 is 3.03. The third-order valence-corrected chi connectivity index (χ3v) is 7.15. The number of fused-ring (bicyclic) bond motifs is 1. The van der Waals surface area contributed by atoms with E-state index in [1.807, 2.05) is 59.0 Å². The molecule has 8 heteroatoms. The van der Waals surface area contributed by atoms with Gasteiger partial charge in [-0.1, -0.05) is 41.7 Å². The summed E-state index contributed by atoms with van der Waals surface area (Å²) in [5.74, 6) is 0.409. The number of carbonyl (C=O) groups is 2. The molecule has 6 nitrogen and oxygen atoms in total. The Morgan fingerprint density at radius 2 is 1.67 bits per heavy atom. The fraction of sp³-hybridized carbons (Fsp3) is 0.318. The zero-order valence-electron chi connectivity index (χ0n) is 16.9. The topological polar surface area (TPSA) is 57.9 Å². The SMILES string of the molecule is Cn1c(=NC(=O)CSCC(=O)N2CCN(c3ccccc3)CC2)sc2ccccc21. The predicted molar refractivity (Wildman–Crippen MR) is 124 cm³/mol. The molecule has 0 atom stereocenters. The summed E-state index contributed by atoms with van der Waals surface area (Å²) in [5, 5.41) is 0. The molecule has 1 aliphatic rings. The van der Waals surface area contributed by atoms with E-state index in [2.05, 4.69) is 22.0 Å². The fourth-order valence-corrected chi connectivity index (χ4v) is 5.23. The van der Waals surface area contributed by atoms with Gasteiger partial charge in [-0.2, -0.15) is 4.99 Å². The maximum atomic E-state index is 12.5. The number of hydrogen-bond donors (Lipinski definition) is 0. The number of carbonyl (C=O) groups excluding carboxylic acids is 2. The largest absolute Gasteiger partial charge is 0.368 e. The van der Waals surface area contributed by atoms with Crippen LogP contribution >= 0.6 is 23.1 Å². The molecule has 30 heavy (non-hydrogen) atoms. The van der Waals surface area contributed by atoms with Crippen molar-refractivity contribution in [2.75, 3.05) is 42.6 Å². The molecule has 0 unspecified atom stereocenters. The second-order valence-electron chi connectivity index (χ2n) is 7.11. The summed E-state index contributed by atoms with van der Waals surface area (Å²) in [7, 11) is 1.91. The van der Waals surface area contributed by atoms with E-state index >= 15 is 0 Å². The normalized spacial score (nSPS) is 15.0. The lowest BCUT2D eigenvalue weighted by atomic mass is 10.2. The smallest absolute Gasteiger partial charge is 0.258 e. The van der Waals surface area contributed by atoms with E-state index in [1.165, 1.54) is 28.8 Å². The number of thiazole rings is 1. The zero-order chi connectivity index (χ0) is 20.9. The van der Waals surface area contributed by atoms with Gasteiger partial charge in [-0.25, -0.2) is 0 Å². The highest BCUT2D eigenvalue weighted by molar-refractivity contribution is 8.00. The number of piperazine rings is 1. The number of thioether (sulfide) groups is 1. The van der Waals surface area contributed by atoms with Gasteiger partial charge >= 0.3 is 0 Å². The summed E-state index contributed by atoms with van der Waals surface area (Å²) in [5.41, 5.74) is 2.26. The predicted octanol–water partition coefficient (Wildman–Crippen LogP) is 2.75. The van der Waals surface area contributed by atoms with Crippen LogP contribution in [0.25, 0.3) is 10.2 Å². The number of nitrogens with zero attached hydrogens (tertiary/aromatic N) is 4. The molecular weight excluding hydrogens is 416 g/mol. The van der Waals surface area contributed by atoms with E-state index in [4.69, 9.17) is 0 Å². The summed E-state index contributed by atoms with van der Waals surface area (Å²) in [6, 6.07) is 18.3. The number of aryl methyl sites for hydroxylation is 1. The first-order valence-corrected chi connectivity index (χ1v) is 11.9. The third kappa shape index (κ3) is 4.76. The van der Waals surface area contributed by atoms with Crippen molar-refractivity contribution in [1.82, 2.24) is 9.47 Å². The summed E-state index contributed by atoms with van der Waals surface area (Å²) in [4.78, 5) is 33.9. The highest BCUT2D eigenvalue weighted by Gasteiger charge is 2.21. The van der Waals surface area contributed by atoms with Crippen molar-refractivity contribution < 1.29 is 9.59 Å². The Balaban J connectivity index is 1.25. The van der Waals surface area contributed by atoms with Gasteiger partial charge in [-0.3, -0.25) is 9.59 Å². The van der Waals surface area contributed by atoms with Crippen LogP contribution in [0.5, 0.6) is 0 Å². The Bertz CT molecular complexity index is 1100. The Hall–Kier alpha value is -2.58. The van der Waals surface area contributed by atoms with E-state index in [9.17, 15) is 9.59 Å². The van der Waals surface area contributed by atoms with Crippen molar-refractivity contribution in [2.24, 2.45) is 12.0 Å². The summed E-state index contributed by atoms with van der Waals surface area (Å²) in [6.45, 7) is 3.09. The van der Waals surface area contributed by atoms with E-state index in [-0.39, 0.29) is 17.6 Å². The van der Waals surface area contributed by atoms with Crippen molar-refractivity contribution in [2.45, 2.75) is 0 Å². The van der Waals surface area contributed by atoms with Crippen molar-refractivity contribution in [3.63, 3.8) is 0 Å². The number of anilines is 1. The van der Waals surface area contributed by atoms with Gasteiger partial charge in [0.15, 0.2) is 4.80 Å². The maximum absolute atomic E-state index is 12.5.